The van der Waals surface area contributed by atoms with Crippen LogP contribution in [0, 0.1) is 5.92 Å². The summed E-state index contributed by atoms with van der Waals surface area (Å²) in [5.74, 6) is 1.73. The highest BCUT2D eigenvalue weighted by molar-refractivity contribution is 7.07. The molecule has 1 atom stereocenters. The highest BCUT2D eigenvalue weighted by Crippen LogP contribution is 2.13. The average molecular weight is 222 g/mol. The first-order chi connectivity index (χ1) is 7.36. The van der Waals surface area contributed by atoms with Gasteiger partial charge in [-0.2, -0.15) is 11.3 Å². The molecule has 0 radical (unpaired) electrons. The quantitative estimate of drug-likeness (QED) is 0.835. The lowest BCUT2D eigenvalue weighted by Crippen LogP contribution is -2.30. The molecule has 15 heavy (non-hydrogen) atoms. The fraction of sp³-hybridized carbons (Fsp3) is 0.583. The Morgan fingerprint density at radius 1 is 1.53 bits per heavy atom. The van der Waals surface area contributed by atoms with Crippen molar-refractivity contribution in [3.8, 4) is 0 Å². The minimum Gasteiger partial charge on any atom is -0.374 e. The molecule has 2 nitrogen and oxygen atoms in total. The van der Waals surface area contributed by atoms with E-state index in [4.69, 9.17) is 0 Å². The van der Waals surface area contributed by atoms with Crippen LogP contribution in [-0.4, -0.2) is 18.9 Å². The summed E-state index contributed by atoms with van der Waals surface area (Å²) in [7, 11) is 0. The summed E-state index contributed by atoms with van der Waals surface area (Å²) < 4.78 is 0. The predicted octanol–water partition coefficient (Wildman–Crippen LogP) is 2.71. The fourth-order valence-electron chi connectivity index (χ4n) is 1.90. The molecule has 0 spiro atoms. The molecule has 1 N–H and O–H groups in total. The van der Waals surface area contributed by atoms with Gasteiger partial charge in [-0.05, 0) is 41.7 Å². The first-order valence-electron chi connectivity index (χ1n) is 5.65. The van der Waals surface area contributed by atoms with Crippen LogP contribution in [0.5, 0.6) is 0 Å². The van der Waals surface area contributed by atoms with Crippen LogP contribution in [-0.2, 0) is 6.42 Å². The molecule has 0 amide bonds. The molecule has 0 saturated heterocycles. The maximum Gasteiger partial charge on any atom is 0.0994 e. The first-order valence-corrected chi connectivity index (χ1v) is 6.60. The molecule has 3 heteroatoms. The van der Waals surface area contributed by atoms with Gasteiger partial charge in [-0.1, -0.05) is 6.92 Å². The first kappa shape index (κ1) is 10.7. The van der Waals surface area contributed by atoms with E-state index in [1.807, 2.05) is 0 Å². The van der Waals surface area contributed by atoms with Crippen molar-refractivity contribution >= 4 is 17.2 Å². The van der Waals surface area contributed by atoms with Crippen LogP contribution >= 0.6 is 11.3 Å². The normalized spacial score (nSPS) is 18.9. The Kier molecular flexibility index (Phi) is 3.78. The number of rotatable bonds is 3. The van der Waals surface area contributed by atoms with Crippen molar-refractivity contribution in [1.29, 1.82) is 0 Å². The van der Waals surface area contributed by atoms with Gasteiger partial charge in [-0.15, -0.1) is 0 Å². The molecule has 1 unspecified atom stereocenters. The number of hydrogen-bond donors (Lipinski definition) is 1. The number of thiophene rings is 1. The lowest BCUT2D eigenvalue weighted by Gasteiger charge is -2.14. The molecule has 2 rings (SSSR count). The minimum absolute atomic E-state index is 0.526. The van der Waals surface area contributed by atoms with E-state index in [9.17, 15) is 0 Å². The highest BCUT2D eigenvalue weighted by Gasteiger charge is 2.12. The second-order valence-electron chi connectivity index (χ2n) is 4.14. The van der Waals surface area contributed by atoms with Crippen LogP contribution in [0.1, 0.15) is 25.3 Å². The summed E-state index contributed by atoms with van der Waals surface area (Å²) in [6.07, 6.45) is 3.58. The van der Waals surface area contributed by atoms with E-state index < -0.39 is 0 Å². The number of amidine groups is 1. The maximum absolute atomic E-state index is 4.61. The summed E-state index contributed by atoms with van der Waals surface area (Å²) >= 11 is 1.77. The van der Waals surface area contributed by atoms with Gasteiger partial charge in [0.05, 0.1) is 5.84 Å². The molecule has 1 aromatic rings. The molecular weight excluding hydrogens is 204 g/mol. The van der Waals surface area contributed by atoms with Crippen molar-refractivity contribution in [3.63, 3.8) is 0 Å². The molecular formula is C12H18N2S. The van der Waals surface area contributed by atoms with Gasteiger partial charge in [-0.25, -0.2) is 0 Å². The Morgan fingerprint density at radius 3 is 3.27 bits per heavy atom. The third-order valence-electron chi connectivity index (χ3n) is 2.76. The van der Waals surface area contributed by atoms with E-state index in [1.54, 1.807) is 11.3 Å². The van der Waals surface area contributed by atoms with Crippen molar-refractivity contribution in [1.82, 2.24) is 5.32 Å². The Morgan fingerprint density at radius 2 is 2.47 bits per heavy atom. The van der Waals surface area contributed by atoms with Gasteiger partial charge in [0.2, 0.25) is 0 Å². The van der Waals surface area contributed by atoms with E-state index in [2.05, 4.69) is 34.1 Å². The van der Waals surface area contributed by atoms with Crippen LogP contribution in [0.25, 0.3) is 0 Å². The van der Waals surface area contributed by atoms with E-state index in [1.165, 1.54) is 24.2 Å². The Bertz CT molecular complexity index is 316. The van der Waals surface area contributed by atoms with Gasteiger partial charge >= 0.3 is 0 Å². The molecule has 0 fully saturated rings. The zero-order valence-corrected chi connectivity index (χ0v) is 10.0. The average Bonchev–Trinajstić information content (AvgIpc) is 2.58. The molecule has 2 heterocycles. The minimum atomic E-state index is 0.526. The van der Waals surface area contributed by atoms with Crippen molar-refractivity contribution in [2.45, 2.75) is 26.2 Å². The van der Waals surface area contributed by atoms with Crippen LogP contribution in [0.4, 0.5) is 0 Å². The summed E-state index contributed by atoms with van der Waals surface area (Å²) in [5, 5.41) is 7.82. The van der Waals surface area contributed by atoms with Crippen LogP contribution < -0.4 is 5.32 Å². The number of nitrogens with zero attached hydrogens (tertiary/aromatic N) is 1. The van der Waals surface area contributed by atoms with E-state index >= 15 is 0 Å². The summed E-state index contributed by atoms with van der Waals surface area (Å²) in [4.78, 5) is 4.61. The predicted molar refractivity (Wildman–Crippen MR) is 66.7 cm³/mol. The van der Waals surface area contributed by atoms with Crippen LogP contribution in [0.15, 0.2) is 21.8 Å². The smallest absolute Gasteiger partial charge is 0.0994 e. The summed E-state index contributed by atoms with van der Waals surface area (Å²) in [6, 6.07) is 2.21. The Balaban J connectivity index is 1.94. The molecule has 1 aromatic heterocycles. The zero-order chi connectivity index (χ0) is 10.5. The maximum atomic E-state index is 4.61. The summed E-state index contributed by atoms with van der Waals surface area (Å²) in [5.41, 5.74) is 1.43. The van der Waals surface area contributed by atoms with Gasteiger partial charge in [0.25, 0.3) is 0 Å². The van der Waals surface area contributed by atoms with E-state index in [-0.39, 0.29) is 0 Å². The second-order valence-corrected chi connectivity index (χ2v) is 4.92. The monoisotopic (exact) mass is 222 g/mol. The van der Waals surface area contributed by atoms with Crippen molar-refractivity contribution < 1.29 is 0 Å². The fourth-order valence-corrected chi connectivity index (χ4v) is 2.58. The third kappa shape index (κ3) is 3.06. The van der Waals surface area contributed by atoms with Crippen LogP contribution in [0.2, 0.25) is 0 Å². The van der Waals surface area contributed by atoms with Gasteiger partial charge in [-0.3, -0.25) is 4.99 Å². The van der Waals surface area contributed by atoms with Crippen LogP contribution in [0.3, 0.4) is 0 Å². The second kappa shape index (κ2) is 5.31. The molecule has 0 aromatic carbocycles. The van der Waals surface area contributed by atoms with Gasteiger partial charge < -0.3 is 5.32 Å². The van der Waals surface area contributed by atoms with Gasteiger partial charge in [0.15, 0.2) is 0 Å². The van der Waals surface area contributed by atoms with Crippen molar-refractivity contribution in [2.24, 2.45) is 10.9 Å². The topological polar surface area (TPSA) is 24.4 Å². The number of hydrogen-bond acceptors (Lipinski definition) is 3. The Hall–Kier alpha value is -0.830. The number of nitrogens with one attached hydrogen (secondary N) is 1. The molecule has 0 bridgehead atoms. The molecule has 1 aliphatic rings. The van der Waals surface area contributed by atoms with Crippen molar-refractivity contribution in [3.05, 3.63) is 22.4 Å². The molecule has 0 saturated carbocycles. The largest absolute Gasteiger partial charge is 0.374 e. The van der Waals surface area contributed by atoms with E-state index in [0.717, 1.165) is 19.5 Å². The third-order valence-corrected chi connectivity index (χ3v) is 3.49. The molecule has 82 valence electrons. The highest BCUT2D eigenvalue weighted by atomic mass is 32.1. The van der Waals surface area contributed by atoms with E-state index in [0.29, 0.717) is 5.92 Å². The van der Waals surface area contributed by atoms with Crippen molar-refractivity contribution in [2.75, 3.05) is 13.1 Å². The summed E-state index contributed by atoms with van der Waals surface area (Å²) in [6.45, 7) is 4.35. The number of aliphatic imine (C=N–C) groups is 1. The Labute approximate surface area is 95.4 Å². The molecule has 0 aliphatic carbocycles. The lowest BCUT2D eigenvalue weighted by atomic mass is 10.0. The molecule has 1 aliphatic heterocycles. The standard InChI is InChI=1S/C12H18N2S/c1-10(8-11-4-7-15-9-11)12-13-5-2-3-6-14-12/h4,7,9-10H,2-3,5-6,8H2,1H3,(H,13,14). The lowest BCUT2D eigenvalue weighted by molar-refractivity contribution is 0.711. The van der Waals surface area contributed by atoms with Gasteiger partial charge in [0, 0.05) is 19.0 Å². The van der Waals surface area contributed by atoms with Gasteiger partial charge in [0.1, 0.15) is 0 Å². The zero-order valence-electron chi connectivity index (χ0n) is 9.20. The SMILES string of the molecule is CC(Cc1ccsc1)C1=NCCCCN1.